The van der Waals surface area contributed by atoms with Crippen LogP contribution in [0, 0.1) is 5.82 Å². The van der Waals surface area contributed by atoms with E-state index in [0.717, 1.165) is 17.7 Å². The lowest BCUT2D eigenvalue weighted by atomic mass is 10.0. The largest absolute Gasteiger partial charge is 0.507 e. The number of Topliss-reactive ketones (excluding diaryl/α,β-unsaturated/α-hetero) is 1. The van der Waals surface area contributed by atoms with E-state index in [1.54, 1.807) is 0 Å². The van der Waals surface area contributed by atoms with Gasteiger partial charge in [-0.1, -0.05) is 30.3 Å². The van der Waals surface area contributed by atoms with Gasteiger partial charge >= 0.3 is 0 Å². The molecular formula is C17H13FO4. The quantitative estimate of drug-likeness (QED) is 0.696. The molecule has 0 bridgehead atoms. The number of phenols is 1. The van der Waals surface area contributed by atoms with Crippen LogP contribution in [0.3, 0.4) is 0 Å². The summed E-state index contributed by atoms with van der Waals surface area (Å²) >= 11 is 0. The molecule has 2 fully saturated rings. The van der Waals surface area contributed by atoms with E-state index in [4.69, 9.17) is 9.47 Å². The molecule has 2 heterocycles. The standard InChI is InChI=1S/C17H13FO4/c18-10-6-7-12(19)11(8-10)13(20)15-17(22-15)16-14(21-16)9-4-2-1-3-5-9/h1-8,14-17,19H/t14-,15+,16+,17-/m1/s1. The molecule has 0 aliphatic carbocycles. The minimum Gasteiger partial charge on any atom is -0.507 e. The number of carbonyl (C=O) groups is 1. The van der Waals surface area contributed by atoms with Gasteiger partial charge in [0, 0.05) is 0 Å². The lowest BCUT2D eigenvalue weighted by molar-refractivity contribution is 0.0950. The van der Waals surface area contributed by atoms with Gasteiger partial charge in [0.25, 0.3) is 0 Å². The molecular weight excluding hydrogens is 287 g/mol. The molecule has 2 aliphatic rings. The summed E-state index contributed by atoms with van der Waals surface area (Å²) in [6.07, 6.45) is -1.23. The smallest absolute Gasteiger partial charge is 0.198 e. The molecule has 5 heteroatoms. The third kappa shape index (κ3) is 2.28. The van der Waals surface area contributed by atoms with Crippen LogP contribution >= 0.6 is 0 Å². The maximum absolute atomic E-state index is 13.2. The molecule has 0 saturated carbocycles. The second kappa shape index (κ2) is 4.90. The Hall–Kier alpha value is -2.24. The molecule has 1 N–H and O–H groups in total. The van der Waals surface area contributed by atoms with E-state index < -0.39 is 17.7 Å². The zero-order chi connectivity index (χ0) is 15.3. The first-order valence-corrected chi connectivity index (χ1v) is 7.04. The molecule has 0 radical (unpaired) electrons. The molecule has 2 aliphatic heterocycles. The minimum atomic E-state index is -0.675. The summed E-state index contributed by atoms with van der Waals surface area (Å²) in [5.41, 5.74) is 0.993. The summed E-state index contributed by atoms with van der Waals surface area (Å²) in [7, 11) is 0. The number of ether oxygens (including phenoxy) is 2. The zero-order valence-corrected chi connectivity index (χ0v) is 11.5. The number of ketones is 1. The monoisotopic (exact) mass is 300 g/mol. The van der Waals surface area contributed by atoms with Crippen molar-refractivity contribution in [1.29, 1.82) is 0 Å². The molecule has 4 atom stereocenters. The summed E-state index contributed by atoms with van der Waals surface area (Å²) in [5.74, 6) is -1.22. The van der Waals surface area contributed by atoms with E-state index >= 15 is 0 Å². The van der Waals surface area contributed by atoms with Crippen LogP contribution in [0.2, 0.25) is 0 Å². The van der Waals surface area contributed by atoms with Crippen molar-refractivity contribution in [2.45, 2.75) is 24.4 Å². The number of phenolic OH excluding ortho intramolecular Hbond substituents is 1. The molecule has 4 rings (SSSR count). The molecule has 0 aromatic heterocycles. The molecule has 22 heavy (non-hydrogen) atoms. The minimum absolute atomic E-state index is 0.0515. The Balaban J connectivity index is 1.45. The van der Waals surface area contributed by atoms with Gasteiger partial charge in [0.1, 0.15) is 36.0 Å². The predicted octanol–water partition coefficient (Wildman–Crippen LogP) is 2.62. The maximum atomic E-state index is 13.2. The molecule has 112 valence electrons. The lowest BCUT2D eigenvalue weighted by Crippen LogP contribution is -2.14. The number of carbonyl (C=O) groups excluding carboxylic acids is 1. The first-order valence-electron chi connectivity index (χ1n) is 7.04. The van der Waals surface area contributed by atoms with E-state index in [0.29, 0.717) is 0 Å². The topological polar surface area (TPSA) is 62.4 Å². The molecule has 0 spiro atoms. The molecule has 2 aromatic carbocycles. The first kappa shape index (κ1) is 13.4. The van der Waals surface area contributed by atoms with Crippen LogP contribution in [-0.4, -0.2) is 29.2 Å². The van der Waals surface area contributed by atoms with Gasteiger partial charge in [-0.05, 0) is 23.8 Å². The average Bonchev–Trinajstić information content (AvgIpc) is 3.42. The number of hydrogen-bond donors (Lipinski definition) is 1. The van der Waals surface area contributed by atoms with Crippen LogP contribution in [-0.2, 0) is 9.47 Å². The molecule has 0 amide bonds. The van der Waals surface area contributed by atoms with Crippen molar-refractivity contribution in [1.82, 2.24) is 0 Å². The van der Waals surface area contributed by atoms with Crippen LogP contribution in [0.25, 0.3) is 0 Å². The Morgan fingerprint density at radius 2 is 1.82 bits per heavy atom. The van der Waals surface area contributed by atoms with Gasteiger partial charge in [0.05, 0.1) is 5.56 Å². The molecule has 2 saturated heterocycles. The van der Waals surface area contributed by atoms with Crippen molar-refractivity contribution in [3.63, 3.8) is 0 Å². The summed E-state index contributed by atoms with van der Waals surface area (Å²) in [6.45, 7) is 0. The van der Waals surface area contributed by atoms with E-state index in [-0.39, 0.29) is 29.6 Å². The van der Waals surface area contributed by atoms with Gasteiger partial charge in [-0.2, -0.15) is 0 Å². The van der Waals surface area contributed by atoms with Gasteiger partial charge in [0.15, 0.2) is 5.78 Å². The van der Waals surface area contributed by atoms with Crippen molar-refractivity contribution >= 4 is 5.78 Å². The number of benzene rings is 2. The SMILES string of the molecule is O=C(c1cc(F)ccc1O)[C@@H]1O[C@H]1[C@H]1O[C@@H]1c1ccccc1. The number of hydrogen-bond acceptors (Lipinski definition) is 4. The van der Waals surface area contributed by atoms with Crippen molar-refractivity contribution in [2.75, 3.05) is 0 Å². The Morgan fingerprint density at radius 1 is 1.05 bits per heavy atom. The highest BCUT2D eigenvalue weighted by atomic mass is 19.1. The predicted molar refractivity (Wildman–Crippen MR) is 75.1 cm³/mol. The van der Waals surface area contributed by atoms with Gasteiger partial charge in [-0.15, -0.1) is 0 Å². The fourth-order valence-corrected chi connectivity index (χ4v) is 2.73. The van der Waals surface area contributed by atoms with E-state index in [2.05, 4.69) is 0 Å². The van der Waals surface area contributed by atoms with E-state index in [1.807, 2.05) is 30.3 Å². The molecule has 2 aromatic rings. The van der Waals surface area contributed by atoms with Gasteiger partial charge in [0.2, 0.25) is 0 Å². The number of aromatic hydroxyl groups is 1. The van der Waals surface area contributed by atoms with Crippen molar-refractivity contribution in [2.24, 2.45) is 0 Å². The normalized spacial score (nSPS) is 29.1. The summed E-state index contributed by atoms with van der Waals surface area (Å²) in [4.78, 5) is 12.3. The number of rotatable bonds is 4. The summed E-state index contributed by atoms with van der Waals surface area (Å²) in [5, 5.41) is 9.68. The van der Waals surface area contributed by atoms with Crippen LogP contribution < -0.4 is 0 Å². The van der Waals surface area contributed by atoms with Gasteiger partial charge < -0.3 is 14.6 Å². The third-order valence-electron chi connectivity index (χ3n) is 3.99. The first-order chi connectivity index (χ1) is 10.6. The fraction of sp³-hybridized carbons (Fsp3) is 0.235. The van der Waals surface area contributed by atoms with Crippen LogP contribution in [0.1, 0.15) is 22.0 Å². The molecule has 0 unspecified atom stereocenters. The van der Waals surface area contributed by atoms with Crippen LogP contribution in [0.5, 0.6) is 5.75 Å². The van der Waals surface area contributed by atoms with Gasteiger partial charge in [-0.3, -0.25) is 4.79 Å². The fourth-order valence-electron chi connectivity index (χ4n) is 2.73. The Morgan fingerprint density at radius 3 is 2.59 bits per heavy atom. The van der Waals surface area contributed by atoms with Crippen LogP contribution in [0.4, 0.5) is 4.39 Å². The second-order valence-corrected chi connectivity index (χ2v) is 5.48. The van der Waals surface area contributed by atoms with Crippen LogP contribution in [0.15, 0.2) is 48.5 Å². The summed E-state index contributed by atoms with van der Waals surface area (Å²) < 4.78 is 24.2. The lowest BCUT2D eigenvalue weighted by Gasteiger charge is -2.01. The highest BCUT2D eigenvalue weighted by Crippen LogP contribution is 2.48. The molecule has 4 nitrogen and oxygen atoms in total. The Bertz CT molecular complexity index is 731. The number of epoxide rings is 2. The second-order valence-electron chi connectivity index (χ2n) is 5.48. The third-order valence-corrected chi connectivity index (χ3v) is 3.99. The number of halogens is 1. The Labute approximate surface area is 126 Å². The van der Waals surface area contributed by atoms with Crippen molar-refractivity contribution in [3.8, 4) is 5.75 Å². The highest BCUT2D eigenvalue weighted by molar-refractivity contribution is 6.03. The maximum Gasteiger partial charge on any atom is 0.198 e. The van der Waals surface area contributed by atoms with Crippen molar-refractivity contribution < 1.29 is 23.8 Å². The van der Waals surface area contributed by atoms with Gasteiger partial charge in [-0.25, -0.2) is 4.39 Å². The average molecular weight is 300 g/mol. The Kier molecular flexibility index (Phi) is 2.99. The van der Waals surface area contributed by atoms with E-state index in [9.17, 15) is 14.3 Å². The summed E-state index contributed by atoms with van der Waals surface area (Å²) in [6, 6.07) is 13.0. The van der Waals surface area contributed by atoms with Crippen molar-refractivity contribution in [3.05, 3.63) is 65.5 Å². The highest BCUT2D eigenvalue weighted by Gasteiger charge is 2.60. The van der Waals surface area contributed by atoms with E-state index in [1.165, 1.54) is 6.07 Å². The zero-order valence-electron chi connectivity index (χ0n) is 11.5.